The van der Waals surface area contributed by atoms with E-state index in [1.54, 1.807) is 6.07 Å². The number of methoxy groups -OCH3 is 1. The minimum absolute atomic E-state index is 0.0634. The number of aromatic amines is 1. The van der Waals surface area contributed by atoms with Crippen LogP contribution in [0.3, 0.4) is 0 Å². The van der Waals surface area contributed by atoms with E-state index in [1.165, 1.54) is 18.0 Å². The third-order valence-electron chi connectivity index (χ3n) is 4.52. The topological polar surface area (TPSA) is 167 Å². The van der Waals surface area contributed by atoms with Crippen molar-refractivity contribution in [3.05, 3.63) is 22.6 Å². The van der Waals surface area contributed by atoms with Crippen LogP contribution in [0.15, 0.2) is 17.1 Å². The maximum atomic E-state index is 12.0. The molecule has 0 atom stereocenters. The van der Waals surface area contributed by atoms with Crippen molar-refractivity contribution < 1.29 is 23.1 Å². The van der Waals surface area contributed by atoms with Gasteiger partial charge in [-0.25, -0.2) is 14.6 Å². The highest BCUT2D eigenvalue weighted by Crippen LogP contribution is 2.28. The van der Waals surface area contributed by atoms with Crippen LogP contribution in [0, 0.1) is 5.92 Å². The molecule has 13 heteroatoms. The summed E-state index contributed by atoms with van der Waals surface area (Å²) in [4.78, 5) is 28.8. The first kappa shape index (κ1) is 19.8. The van der Waals surface area contributed by atoms with Crippen LogP contribution in [-0.2, 0) is 10.2 Å². The van der Waals surface area contributed by atoms with Gasteiger partial charge in [0.15, 0.2) is 0 Å². The molecule has 12 nitrogen and oxygen atoms in total. The number of nitrogens with zero attached hydrogens (tertiary/aromatic N) is 3. The molecule has 28 heavy (non-hydrogen) atoms. The molecule has 1 fully saturated rings. The van der Waals surface area contributed by atoms with Crippen LogP contribution in [-0.4, -0.2) is 61.5 Å². The number of pyridine rings is 1. The molecule has 3 heterocycles. The molecule has 0 aliphatic carbocycles. The average Bonchev–Trinajstić information content (AvgIpc) is 2.65. The van der Waals surface area contributed by atoms with Gasteiger partial charge in [0.25, 0.3) is 5.56 Å². The number of anilines is 1. The molecule has 1 aliphatic heterocycles. The Labute approximate surface area is 160 Å². The summed E-state index contributed by atoms with van der Waals surface area (Å²) in [5.41, 5.74) is -0.380. The van der Waals surface area contributed by atoms with Gasteiger partial charge in [0.2, 0.25) is 5.88 Å². The normalized spacial score (nSPS) is 15.5. The molecule has 0 aromatic carbocycles. The largest absolute Gasteiger partial charge is 0.480 e. The van der Waals surface area contributed by atoms with Crippen LogP contribution in [0.2, 0.25) is 0 Å². The van der Waals surface area contributed by atoms with Crippen molar-refractivity contribution in [1.29, 1.82) is 0 Å². The third-order valence-corrected chi connectivity index (χ3v) is 5.51. The molecule has 0 unspecified atom stereocenters. The fraction of sp³-hybridized carbons (Fsp3) is 0.467. The quantitative estimate of drug-likeness (QED) is 0.495. The summed E-state index contributed by atoms with van der Waals surface area (Å²) in [5, 5.41) is 15.6. The number of aromatic nitrogens is 3. The predicted molar refractivity (Wildman–Crippen MR) is 99.7 cm³/mol. The monoisotopic (exact) mass is 412 g/mol. The molecule has 152 valence electrons. The van der Waals surface area contributed by atoms with Crippen molar-refractivity contribution in [3.63, 3.8) is 0 Å². The first-order valence-electron chi connectivity index (χ1n) is 8.47. The van der Waals surface area contributed by atoms with E-state index in [2.05, 4.69) is 19.9 Å². The Hall–Kier alpha value is -2.93. The minimum Gasteiger partial charge on any atom is -0.480 e. The number of carboxylic acid groups (broad SMARTS) is 1. The lowest BCUT2D eigenvalue weighted by atomic mass is 9.97. The molecule has 2 aromatic rings. The Morgan fingerprint density at radius 1 is 1.43 bits per heavy atom. The van der Waals surface area contributed by atoms with Crippen LogP contribution in [0.1, 0.15) is 12.8 Å². The molecule has 0 spiro atoms. The fourth-order valence-electron chi connectivity index (χ4n) is 3.13. The zero-order valence-electron chi connectivity index (χ0n) is 15.0. The number of piperidine rings is 1. The number of fused-ring (bicyclic) bond motifs is 1. The second-order valence-corrected chi connectivity index (χ2v) is 7.84. The third kappa shape index (κ3) is 4.48. The van der Waals surface area contributed by atoms with Crippen molar-refractivity contribution in [2.75, 3.05) is 31.6 Å². The zero-order valence-corrected chi connectivity index (χ0v) is 15.8. The molecule has 0 saturated carbocycles. The lowest BCUT2D eigenvalue weighted by molar-refractivity contribution is 0.201. The van der Waals surface area contributed by atoms with Crippen LogP contribution in [0.25, 0.3) is 10.8 Å². The standard InChI is InChI=1S/C15H20N6O6S/c1-27-14-12-10(8-16-19-13(12)22)6-11(18-14)21-4-2-9(3-5-21)7-17-28(25,26)20-15(23)24/h6,8-9,17,20H,2-5,7H2,1H3,(H,19,22)(H,23,24). The Morgan fingerprint density at radius 3 is 2.79 bits per heavy atom. The van der Waals surface area contributed by atoms with E-state index in [4.69, 9.17) is 9.84 Å². The molecule has 1 amide bonds. The van der Waals surface area contributed by atoms with Gasteiger partial charge in [-0.2, -0.15) is 23.2 Å². The first-order valence-corrected chi connectivity index (χ1v) is 9.95. The number of nitrogens with one attached hydrogen (secondary N) is 3. The van der Waals surface area contributed by atoms with Gasteiger partial charge >= 0.3 is 16.3 Å². The maximum Gasteiger partial charge on any atom is 0.419 e. The molecular formula is C15H20N6O6S. The summed E-state index contributed by atoms with van der Waals surface area (Å²) >= 11 is 0. The smallest absolute Gasteiger partial charge is 0.419 e. The first-order chi connectivity index (χ1) is 13.3. The predicted octanol–water partition coefficient (Wildman–Crippen LogP) is -0.355. The molecule has 1 saturated heterocycles. The van der Waals surface area contributed by atoms with Gasteiger partial charge < -0.3 is 14.7 Å². The number of carbonyl (C=O) groups is 1. The number of amides is 1. The number of hydrogen-bond donors (Lipinski definition) is 4. The average molecular weight is 412 g/mol. The highest BCUT2D eigenvalue weighted by atomic mass is 32.2. The lowest BCUT2D eigenvalue weighted by Crippen LogP contribution is -2.44. The lowest BCUT2D eigenvalue weighted by Gasteiger charge is -2.33. The van der Waals surface area contributed by atoms with Gasteiger partial charge in [-0.05, 0) is 24.8 Å². The van der Waals surface area contributed by atoms with Gasteiger partial charge in [0, 0.05) is 25.0 Å². The van der Waals surface area contributed by atoms with Crippen LogP contribution in [0.4, 0.5) is 10.6 Å². The molecule has 3 rings (SSSR count). The Balaban J connectivity index is 1.67. The summed E-state index contributed by atoms with van der Waals surface area (Å²) in [6.07, 6.45) is 1.27. The highest BCUT2D eigenvalue weighted by molar-refractivity contribution is 7.88. The van der Waals surface area contributed by atoms with E-state index in [-0.39, 0.29) is 23.9 Å². The highest BCUT2D eigenvalue weighted by Gasteiger charge is 2.23. The molecule has 0 radical (unpaired) electrons. The Bertz CT molecular complexity index is 1030. The van der Waals surface area contributed by atoms with E-state index in [0.29, 0.717) is 42.5 Å². The summed E-state index contributed by atoms with van der Waals surface area (Å²) in [6.45, 7) is 1.39. The van der Waals surface area contributed by atoms with Crippen LogP contribution >= 0.6 is 0 Å². The van der Waals surface area contributed by atoms with Gasteiger partial charge in [-0.15, -0.1) is 0 Å². The van der Waals surface area contributed by atoms with E-state index in [9.17, 15) is 18.0 Å². The molecule has 2 aromatic heterocycles. The SMILES string of the molecule is COc1nc(N2CCC(CNS(=O)(=O)NC(=O)O)CC2)cc2cn[nH]c(=O)c12. The van der Waals surface area contributed by atoms with Gasteiger partial charge in [0.1, 0.15) is 11.2 Å². The number of ether oxygens (including phenoxy) is 1. The van der Waals surface area contributed by atoms with E-state index >= 15 is 0 Å². The second-order valence-electron chi connectivity index (χ2n) is 6.34. The molecule has 4 N–H and O–H groups in total. The summed E-state index contributed by atoms with van der Waals surface area (Å²) in [6, 6.07) is 1.76. The van der Waals surface area contributed by atoms with Gasteiger partial charge in [-0.3, -0.25) is 4.79 Å². The van der Waals surface area contributed by atoms with Crippen LogP contribution in [0.5, 0.6) is 5.88 Å². The molecular weight excluding hydrogens is 392 g/mol. The number of rotatable bonds is 6. The van der Waals surface area contributed by atoms with Crippen molar-refractivity contribution >= 4 is 32.9 Å². The van der Waals surface area contributed by atoms with E-state index < -0.39 is 16.3 Å². The Kier molecular flexibility index (Phi) is 5.65. The fourth-order valence-corrected chi connectivity index (χ4v) is 3.88. The van der Waals surface area contributed by atoms with Crippen LogP contribution < -0.4 is 24.6 Å². The van der Waals surface area contributed by atoms with Crippen molar-refractivity contribution in [2.24, 2.45) is 5.92 Å². The van der Waals surface area contributed by atoms with Crippen molar-refractivity contribution in [2.45, 2.75) is 12.8 Å². The maximum absolute atomic E-state index is 12.0. The summed E-state index contributed by atoms with van der Waals surface area (Å²) in [5.74, 6) is 0.919. The summed E-state index contributed by atoms with van der Waals surface area (Å²) < 4.78 is 32.0. The van der Waals surface area contributed by atoms with Gasteiger partial charge in [-0.1, -0.05) is 0 Å². The molecule has 0 bridgehead atoms. The molecule has 1 aliphatic rings. The summed E-state index contributed by atoms with van der Waals surface area (Å²) in [7, 11) is -2.63. The van der Waals surface area contributed by atoms with E-state index in [1.807, 2.05) is 4.90 Å². The van der Waals surface area contributed by atoms with Crippen molar-refractivity contribution in [3.8, 4) is 5.88 Å². The number of H-pyrrole nitrogens is 1. The minimum atomic E-state index is -4.06. The van der Waals surface area contributed by atoms with Crippen molar-refractivity contribution in [1.82, 2.24) is 24.6 Å². The Morgan fingerprint density at radius 2 is 2.14 bits per heavy atom. The zero-order chi connectivity index (χ0) is 20.3. The number of hydrogen-bond acceptors (Lipinski definition) is 8. The van der Waals surface area contributed by atoms with E-state index in [0.717, 1.165) is 0 Å². The second kappa shape index (κ2) is 7.98. The van der Waals surface area contributed by atoms with Gasteiger partial charge in [0.05, 0.1) is 13.3 Å².